The molecule has 96 valence electrons. The van der Waals surface area contributed by atoms with Crippen molar-refractivity contribution in [3.05, 3.63) is 40.9 Å². The standard InChI is InChI=1S/C12H16N4OS/c1-9(2)17-11-5-3-4-10(6-11)7-14-16-8-13-15-12(16)18/h3-6,8-9,14H,7H2,1-2H3,(H,15,18). The Morgan fingerprint density at radius 3 is 3.00 bits per heavy atom. The number of ether oxygens (including phenoxy) is 1. The highest BCUT2D eigenvalue weighted by Crippen LogP contribution is 2.14. The fourth-order valence-corrected chi connectivity index (χ4v) is 1.70. The summed E-state index contributed by atoms with van der Waals surface area (Å²) in [6, 6.07) is 7.97. The quantitative estimate of drug-likeness (QED) is 0.815. The summed E-state index contributed by atoms with van der Waals surface area (Å²) in [4.78, 5) is 0. The first kappa shape index (κ1) is 12.6. The molecule has 1 aromatic heterocycles. The average molecular weight is 264 g/mol. The summed E-state index contributed by atoms with van der Waals surface area (Å²) in [5.41, 5.74) is 4.27. The van der Waals surface area contributed by atoms with Crippen molar-refractivity contribution >= 4 is 12.2 Å². The van der Waals surface area contributed by atoms with Gasteiger partial charge in [-0.2, -0.15) is 5.10 Å². The first-order chi connectivity index (χ1) is 8.65. The highest BCUT2D eigenvalue weighted by molar-refractivity contribution is 7.71. The molecule has 0 radical (unpaired) electrons. The molecule has 1 aromatic carbocycles. The largest absolute Gasteiger partial charge is 0.491 e. The van der Waals surface area contributed by atoms with Crippen molar-refractivity contribution in [3.63, 3.8) is 0 Å². The number of aromatic amines is 1. The number of H-pyrrole nitrogens is 1. The molecule has 0 atom stereocenters. The van der Waals surface area contributed by atoms with E-state index in [4.69, 9.17) is 17.0 Å². The second kappa shape index (κ2) is 5.68. The zero-order valence-electron chi connectivity index (χ0n) is 10.4. The Labute approximate surface area is 111 Å². The lowest BCUT2D eigenvalue weighted by Gasteiger charge is -2.11. The zero-order valence-corrected chi connectivity index (χ0v) is 11.2. The number of aromatic nitrogens is 3. The third kappa shape index (κ3) is 3.33. The molecule has 0 bridgehead atoms. The maximum absolute atomic E-state index is 5.64. The van der Waals surface area contributed by atoms with E-state index in [0.29, 0.717) is 11.3 Å². The molecule has 0 aliphatic heterocycles. The number of nitrogens with zero attached hydrogens (tertiary/aromatic N) is 2. The van der Waals surface area contributed by atoms with Crippen LogP contribution in [0.4, 0.5) is 0 Å². The van der Waals surface area contributed by atoms with Crippen molar-refractivity contribution in [2.24, 2.45) is 0 Å². The molecule has 6 heteroatoms. The summed E-state index contributed by atoms with van der Waals surface area (Å²) in [6.45, 7) is 4.68. The van der Waals surface area contributed by atoms with Gasteiger partial charge in [-0.25, -0.2) is 4.68 Å². The van der Waals surface area contributed by atoms with Crippen LogP contribution in [0.25, 0.3) is 0 Å². The number of hydrogen-bond donors (Lipinski definition) is 2. The monoisotopic (exact) mass is 264 g/mol. The van der Waals surface area contributed by atoms with Gasteiger partial charge in [-0.3, -0.25) is 5.10 Å². The first-order valence-corrected chi connectivity index (χ1v) is 6.17. The lowest BCUT2D eigenvalue weighted by molar-refractivity contribution is 0.242. The molecule has 1 heterocycles. The van der Waals surface area contributed by atoms with Crippen molar-refractivity contribution in [2.45, 2.75) is 26.5 Å². The molecule has 2 aromatic rings. The van der Waals surface area contributed by atoms with Gasteiger partial charge in [0.1, 0.15) is 12.1 Å². The summed E-state index contributed by atoms with van der Waals surface area (Å²) >= 11 is 5.04. The lowest BCUT2D eigenvalue weighted by atomic mass is 10.2. The van der Waals surface area contributed by atoms with Crippen LogP contribution in [-0.4, -0.2) is 21.0 Å². The predicted molar refractivity (Wildman–Crippen MR) is 72.7 cm³/mol. The molecule has 2 rings (SSSR count). The summed E-state index contributed by atoms with van der Waals surface area (Å²) in [5, 5.41) is 6.52. The Kier molecular flexibility index (Phi) is 3.99. The fraction of sp³-hybridized carbons (Fsp3) is 0.333. The molecule has 0 saturated carbocycles. The molecule has 0 aliphatic carbocycles. The van der Waals surface area contributed by atoms with Gasteiger partial charge in [-0.15, -0.1) is 0 Å². The maximum Gasteiger partial charge on any atom is 0.214 e. The Bertz CT molecular complexity index is 561. The average Bonchev–Trinajstić information content (AvgIpc) is 2.72. The van der Waals surface area contributed by atoms with Gasteiger partial charge >= 0.3 is 0 Å². The van der Waals surface area contributed by atoms with Crippen LogP contribution in [0.2, 0.25) is 0 Å². The highest BCUT2D eigenvalue weighted by atomic mass is 32.1. The third-order valence-electron chi connectivity index (χ3n) is 2.28. The maximum atomic E-state index is 5.64. The molecule has 0 unspecified atom stereocenters. The van der Waals surface area contributed by atoms with Crippen molar-refractivity contribution in [1.29, 1.82) is 0 Å². The van der Waals surface area contributed by atoms with Crippen LogP contribution in [0.5, 0.6) is 5.75 Å². The van der Waals surface area contributed by atoms with Crippen LogP contribution in [-0.2, 0) is 6.54 Å². The zero-order chi connectivity index (χ0) is 13.0. The van der Waals surface area contributed by atoms with Gasteiger partial charge in [-0.05, 0) is 43.8 Å². The molecule has 0 amide bonds. The molecule has 0 spiro atoms. The van der Waals surface area contributed by atoms with E-state index < -0.39 is 0 Å². The van der Waals surface area contributed by atoms with Crippen molar-refractivity contribution in [2.75, 3.05) is 5.43 Å². The minimum absolute atomic E-state index is 0.177. The fourth-order valence-electron chi connectivity index (χ4n) is 1.54. The van der Waals surface area contributed by atoms with E-state index in [-0.39, 0.29) is 6.10 Å². The van der Waals surface area contributed by atoms with E-state index in [1.165, 1.54) is 0 Å². The molecular formula is C12H16N4OS. The predicted octanol–water partition coefficient (Wildman–Crippen LogP) is 2.47. The van der Waals surface area contributed by atoms with Crippen LogP contribution in [0.15, 0.2) is 30.6 Å². The second-order valence-electron chi connectivity index (χ2n) is 4.18. The van der Waals surface area contributed by atoms with Crippen LogP contribution in [0.3, 0.4) is 0 Å². The summed E-state index contributed by atoms with van der Waals surface area (Å²) < 4.78 is 7.86. The van der Waals surface area contributed by atoms with Gasteiger partial charge in [-0.1, -0.05) is 12.1 Å². The van der Waals surface area contributed by atoms with E-state index >= 15 is 0 Å². The number of rotatable bonds is 5. The van der Waals surface area contributed by atoms with E-state index in [1.807, 2.05) is 38.1 Å². The highest BCUT2D eigenvalue weighted by Gasteiger charge is 2.00. The molecule has 18 heavy (non-hydrogen) atoms. The van der Waals surface area contributed by atoms with E-state index in [2.05, 4.69) is 15.6 Å². The Morgan fingerprint density at radius 2 is 2.33 bits per heavy atom. The number of benzene rings is 1. The van der Waals surface area contributed by atoms with Crippen LogP contribution in [0, 0.1) is 4.77 Å². The molecule has 5 nitrogen and oxygen atoms in total. The summed E-state index contributed by atoms with van der Waals surface area (Å²) in [7, 11) is 0. The first-order valence-electron chi connectivity index (χ1n) is 5.76. The molecule has 0 aliphatic rings. The summed E-state index contributed by atoms with van der Waals surface area (Å²) in [5.74, 6) is 0.875. The van der Waals surface area contributed by atoms with E-state index in [1.54, 1.807) is 11.0 Å². The topological polar surface area (TPSA) is 54.9 Å². The van der Waals surface area contributed by atoms with Gasteiger partial charge in [0.05, 0.1) is 12.6 Å². The molecule has 0 fully saturated rings. The second-order valence-corrected chi connectivity index (χ2v) is 4.57. The van der Waals surface area contributed by atoms with Gasteiger partial charge in [0.15, 0.2) is 0 Å². The lowest BCUT2D eigenvalue weighted by Crippen LogP contribution is -2.13. The number of hydrogen-bond acceptors (Lipinski definition) is 4. The minimum atomic E-state index is 0.177. The van der Waals surface area contributed by atoms with E-state index in [9.17, 15) is 0 Å². The normalized spacial score (nSPS) is 10.6. The molecule has 2 N–H and O–H groups in total. The minimum Gasteiger partial charge on any atom is -0.491 e. The molecular weight excluding hydrogens is 248 g/mol. The van der Waals surface area contributed by atoms with Crippen molar-refractivity contribution in [3.8, 4) is 5.75 Å². The van der Waals surface area contributed by atoms with Gasteiger partial charge < -0.3 is 10.2 Å². The number of nitrogens with one attached hydrogen (secondary N) is 2. The van der Waals surface area contributed by atoms with Crippen LogP contribution < -0.4 is 10.2 Å². The van der Waals surface area contributed by atoms with Crippen LogP contribution in [0.1, 0.15) is 19.4 Å². The van der Waals surface area contributed by atoms with Crippen molar-refractivity contribution in [1.82, 2.24) is 14.9 Å². The van der Waals surface area contributed by atoms with Crippen LogP contribution >= 0.6 is 12.2 Å². The molecule has 0 saturated heterocycles. The van der Waals surface area contributed by atoms with Gasteiger partial charge in [0.25, 0.3) is 0 Å². The van der Waals surface area contributed by atoms with E-state index in [0.717, 1.165) is 11.3 Å². The van der Waals surface area contributed by atoms with Gasteiger partial charge in [0.2, 0.25) is 4.77 Å². The Hall–Kier alpha value is -1.82. The smallest absolute Gasteiger partial charge is 0.214 e. The Morgan fingerprint density at radius 1 is 1.50 bits per heavy atom. The Balaban J connectivity index is 2.01. The SMILES string of the molecule is CC(C)Oc1cccc(CNn2cn[nH]c2=S)c1. The van der Waals surface area contributed by atoms with Gasteiger partial charge in [0, 0.05) is 0 Å². The van der Waals surface area contributed by atoms with Crippen molar-refractivity contribution < 1.29 is 4.74 Å². The summed E-state index contributed by atoms with van der Waals surface area (Å²) in [6.07, 6.45) is 1.78. The third-order valence-corrected chi connectivity index (χ3v) is 2.56.